The van der Waals surface area contributed by atoms with Crippen molar-refractivity contribution in [1.29, 1.82) is 0 Å². The monoisotopic (exact) mass is 225 g/mol. The lowest BCUT2D eigenvalue weighted by Gasteiger charge is -2.34. The molecule has 0 radical (unpaired) electrons. The van der Waals surface area contributed by atoms with Crippen molar-refractivity contribution in [2.75, 3.05) is 30.8 Å². The van der Waals surface area contributed by atoms with Crippen LogP contribution in [0, 0.1) is 0 Å². The first-order chi connectivity index (χ1) is 7.70. The summed E-state index contributed by atoms with van der Waals surface area (Å²) in [6.07, 6.45) is 1.05. The average molecular weight is 225 g/mol. The molecule has 16 heavy (non-hydrogen) atoms. The van der Waals surface area contributed by atoms with Crippen molar-refractivity contribution in [3.63, 3.8) is 0 Å². The van der Waals surface area contributed by atoms with Crippen molar-refractivity contribution >= 4 is 11.5 Å². The number of nitrogens with two attached hydrogens (primary N) is 1. The van der Waals surface area contributed by atoms with Crippen LogP contribution in [0.15, 0.2) is 18.3 Å². The first kappa shape index (κ1) is 11.1. The summed E-state index contributed by atoms with van der Waals surface area (Å²) < 4.78 is 18.7. The number of hydrogen-bond acceptors (Lipinski definition) is 4. The van der Waals surface area contributed by atoms with Gasteiger partial charge in [-0.3, -0.25) is 0 Å². The predicted molar refractivity (Wildman–Crippen MR) is 61.2 cm³/mol. The van der Waals surface area contributed by atoms with Crippen LogP contribution in [0.1, 0.15) is 6.42 Å². The molecule has 0 aromatic carbocycles. The van der Waals surface area contributed by atoms with Crippen LogP contribution in [-0.2, 0) is 4.74 Å². The third kappa shape index (κ3) is 2.24. The van der Waals surface area contributed by atoms with Gasteiger partial charge in [0.1, 0.15) is 12.0 Å². The van der Waals surface area contributed by atoms with E-state index in [4.69, 9.17) is 10.5 Å². The zero-order valence-corrected chi connectivity index (χ0v) is 9.27. The second-order valence-electron chi connectivity index (χ2n) is 3.97. The fraction of sp³-hybridized carbons (Fsp3) is 0.545. The lowest BCUT2D eigenvalue weighted by atomic mass is 10.1. The Bertz CT molecular complexity index is 361. The van der Waals surface area contributed by atoms with Gasteiger partial charge in [-0.15, -0.1) is 0 Å². The van der Waals surface area contributed by atoms with E-state index in [0.29, 0.717) is 18.7 Å². The van der Waals surface area contributed by atoms with E-state index in [9.17, 15) is 4.39 Å². The second-order valence-corrected chi connectivity index (χ2v) is 3.97. The Kier molecular flexibility index (Phi) is 3.24. The van der Waals surface area contributed by atoms with E-state index in [1.807, 2.05) is 4.90 Å². The molecule has 2 rings (SSSR count). The predicted octanol–water partition coefficient (Wildman–Crippen LogP) is 1.23. The van der Waals surface area contributed by atoms with Crippen molar-refractivity contribution in [2.24, 2.45) is 0 Å². The fourth-order valence-corrected chi connectivity index (χ4v) is 1.96. The quantitative estimate of drug-likeness (QED) is 0.822. The van der Waals surface area contributed by atoms with Crippen molar-refractivity contribution in [3.8, 4) is 0 Å². The van der Waals surface area contributed by atoms with Crippen LogP contribution >= 0.6 is 0 Å². The lowest BCUT2D eigenvalue weighted by Crippen LogP contribution is -2.45. The number of alkyl halides is 1. The molecule has 0 unspecified atom stereocenters. The summed E-state index contributed by atoms with van der Waals surface area (Å²) >= 11 is 0. The van der Waals surface area contributed by atoms with Crippen molar-refractivity contribution in [2.45, 2.75) is 18.7 Å². The highest BCUT2D eigenvalue weighted by atomic mass is 19.1. The normalized spacial score (nSPS) is 25.8. The molecule has 0 aliphatic carbocycles. The molecule has 1 saturated heterocycles. The second kappa shape index (κ2) is 4.65. The zero-order chi connectivity index (χ0) is 11.5. The maximum Gasteiger partial charge on any atom is 0.144 e. The number of piperidine rings is 1. The summed E-state index contributed by atoms with van der Waals surface area (Å²) in [6.45, 7) is 1.06. The zero-order valence-electron chi connectivity index (χ0n) is 9.27. The molecule has 0 saturated carbocycles. The third-order valence-corrected chi connectivity index (χ3v) is 2.88. The SMILES string of the molecule is CO[C@H]1CCN(c2cc(N)ccn2)C[C@H]1F. The topological polar surface area (TPSA) is 51.4 Å². The van der Waals surface area contributed by atoms with Gasteiger partial charge in [0, 0.05) is 31.6 Å². The molecule has 0 bridgehead atoms. The van der Waals surface area contributed by atoms with Crippen molar-refractivity contribution < 1.29 is 9.13 Å². The van der Waals surface area contributed by atoms with Gasteiger partial charge in [-0.1, -0.05) is 0 Å². The van der Waals surface area contributed by atoms with Crippen LogP contribution in [-0.4, -0.2) is 37.5 Å². The maximum absolute atomic E-state index is 13.7. The summed E-state index contributed by atoms with van der Waals surface area (Å²) in [6, 6.07) is 3.48. The molecular weight excluding hydrogens is 209 g/mol. The van der Waals surface area contributed by atoms with Gasteiger partial charge in [-0.05, 0) is 12.5 Å². The number of halogens is 1. The van der Waals surface area contributed by atoms with Gasteiger partial charge in [0.25, 0.3) is 0 Å². The van der Waals surface area contributed by atoms with Crippen molar-refractivity contribution in [3.05, 3.63) is 18.3 Å². The molecule has 2 heterocycles. The smallest absolute Gasteiger partial charge is 0.144 e. The van der Waals surface area contributed by atoms with Gasteiger partial charge in [-0.2, -0.15) is 0 Å². The van der Waals surface area contributed by atoms with Crippen LogP contribution in [0.3, 0.4) is 0 Å². The van der Waals surface area contributed by atoms with Gasteiger partial charge in [0.05, 0.1) is 12.6 Å². The lowest BCUT2D eigenvalue weighted by molar-refractivity contribution is 0.0195. The molecule has 1 aromatic rings. The van der Waals surface area contributed by atoms with Gasteiger partial charge in [0.15, 0.2) is 0 Å². The number of aromatic nitrogens is 1. The van der Waals surface area contributed by atoms with Crippen LogP contribution in [0.2, 0.25) is 0 Å². The van der Waals surface area contributed by atoms with Crippen molar-refractivity contribution in [1.82, 2.24) is 4.98 Å². The van der Waals surface area contributed by atoms with Crippen LogP contribution < -0.4 is 10.6 Å². The molecule has 5 heteroatoms. The minimum absolute atomic E-state index is 0.294. The molecular formula is C11H16FN3O. The summed E-state index contributed by atoms with van der Waals surface area (Å²) in [5, 5.41) is 0. The summed E-state index contributed by atoms with van der Waals surface area (Å²) in [5.74, 6) is 0.734. The molecule has 4 nitrogen and oxygen atoms in total. The number of nitrogen functional groups attached to an aromatic ring is 1. The van der Waals surface area contributed by atoms with Gasteiger partial charge < -0.3 is 15.4 Å². The highest BCUT2D eigenvalue weighted by molar-refractivity contribution is 5.50. The molecule has 1 fully saturated rings. The minimum atomic E-state index is -0.970. The molecule has 1 aliphatic rings. The number of ether oxygens (including phenoxy) is 1. The fourth-order valence-electron chi connectivity index (χ4n) is 1.96. The molecule has 1 aliphatic heterocycles. The molecule has 0 amide bonds. The third-order valence-electron chi connectivity index (χ3n) is 2.88. The van der Waals surface area contributed by atoms with Gasteiger partial charge in [0.2, 0.25) is 0 Å². The Labute approximate surface area is 94.2 Å². The highest BCUT2D eigenvalue weighted by Gasteiger charge is 2.29. The number of anilines is 2. The van der Waals surface area contributed by atoms with E-state index in [0.717, 1.165) is 12.4 Å². The minimum Gasteiger partial charge on any atom is -0.399 e. The number of pyridine rings is 1. The highest BCUT2D eigenvalue weighted by Crippen LogP contribution is 2.22. The Morgan fingerprint density at radius 1 is 1.62 bits per heavy atom. The summed E-state index contributed by atoms with van der Waals surface area (Å²) in [7, 11) is 1.55. The number of hydrogen-bond donors (Lipinski definition) is 1. The number of rotatable bonds is 2. The Morgan fingerprint density at radius 3 is 3.06 bits per heavy atom. The van der Waals surface area contributed by atoms with E-state index in [-0.39, 0.29) is 6.10 Å². The Hall–Kier alpha value is -1.36. The molecule has 1 aromatic heterocycles. The first-order valence-electron chi connectivity index (χ1n) is 5.34. The number of nitrogens with zero attached hydrogens (tertiary/aromatic N) is 2. The van der Waals surface area contributed by atoms with Crippen LogP contribution in [0.4, 0.5) is 15.9 Å². The van der Waals surface area contributed by atoms with Crippen LogP contribution in [0.5, 0.6) is 0 Å². The van der Waals surface area contributed by atoms with Gasteiger partial charge in [-0.25, -0.2) is 9.37 Å². The number of methoxy groups -OCH3 is 1. The van der Waals surface area contributed by atoms with Gasteiger partial charge >= 0.3 is 0 Å². The standard InChI is InChI=1S/C11H16FN3O/c1-16-10-3-5-15(7-9(10)12)11-6-8(13)2-4-14-11/h2,4,6,9-10H,3,5,7H2,1H3,(H2,13,14)/t9-,10+/m1/s1. The van der Waals surface area contributed by atoms with E-state index in [1.165, 1.54) is 0 Å². The Balaban J connectivity index is 2.07. The summed E-state index contributed by atoms with van der Waals surface area (Å²) in [4.78, 5) is 6.09. The van der Waals surface area contributed by atoms with E-state index in [2.05, 4.69) is 4.98 Å². The van der Waals surface area contributed by atoms with Crippen LogP contribution in [0.25, 0.3) is 0 Å². The largest absolute Gasteiger partial charge is 0.399 e. The van der Waals surface area contributed by atoms with E-state index < -0.39 is 6.17 Å². The molecule has 2 N–H and O–H groups in total. The Morgan fingerprint density at radius 2 is 2.44 bits per heavy atom. The average Bonchev–Trinajstić information content (AvgIpc) is 2.29. The maximum atomic E-state index is 13.7. The van der Waals surface area contributed by atoms with E-state index >= 15 is 0 Å². The molecule has 88 valence electrons. The first-order valence-corrected chi connectivity index (χ1v) is 5.34. The molecule has 0 spiro atoms. The van der Waals surface area contributed by atoms with E-state index in [1.54, 1.807) is 25.4 Å². The molecule has 2 atom stereocenters. The summed E-state index contributed by atoms with van der Waals surface area (Å²) in [5.41, 5.74) is 6.32.